The molecule has 1 heterocycles. The Labute approximate surface area is 271 Å². The zero-order chi connectivity index (χ0) is 34.2. The summed E-state index contributed by atoms with van der Waals surface area (Å²) in [5.41, 5.74) is 3.23. The molecular weight excluding hydrogens is 610 g/mol. The molecule has 13 heteroatoms. The summed E-state index contributed by atoms with van der Waals surface area (Å²) in [7, 11) is -3.67. The lowest BCUT2D eigenvalue weighted by Crippen LogP contribution is -2.65. The maximum atomic E-state index is 14.3. The molecular formula is C33H49N5O7S. The van der Waals surface area contributed by atoms with Crippen molar-refractivity contribution in [2.45, 2.75) is 109 Å². The van der Waals surface area contributed by atoms with E-state index in [4.69, 9.17) is 5.73 Å². The van der Waals surface area contributed by atoms with Crippen molar-refractivity contribution in [2.75, 3.05) is 12.3 Å². The molecule has 0 bridgehead atoms. The molecule has 5 N–H and O–H groups in total. The topological polar surface area (TPSA) is 185 Å². The highest BCUT2D eigenvalue weighted by Crippen LogP contribution is 2.41. The molecule has 0 radical (unpaired) electrons. The summed E-state index contributed by atoms with van der Waals surface area (Å²) in [4.78, 5) is 67.5. The van der Waals surface area contributed by atoms with Gasteiger partial charge in [-0.05, 0) is 60.5 Å². The van der Waals surface area contributed by atoms with Gasteiger partial charge in [0.15, 0.2) is 9.84 Å². The van der Waals surface area contributed by atoms with Crippen molar-refractivity contribution >= 4 is 39.4 Å². The van der Waals surface area contributed by atoms with Crippen LogP contribution >= 0.6 is 0 Å². The number of likely N-dealkylation sites (tertiary alicyclic amines) is 1. The normalized spacial score (nSPS) is 23.4. The first kappa shape index (κ1) is 35.4. The first-order chi connectivity index (χ1) is 21.2. The number of hydrogen-bond acceptors (Lipinski definition) is 7. The van der Waals surface area contributed by atoms with Gasteiger partial charge < -0.3 is 26.6 Å². The predicted octanol–water partition coefficient (Wildman–Crippen LogP) is 2.31. The summed E-state index contributed by atoms with van der Waals surface area (Å²) in [6.45, 7) is 11.7. The molecule has 1 aliphatic heterocycles. The largest absolute Gasteiger partial charge is 0.363 e. The van der Waals surface area contributed by atoms with Gasteiger partial charge in [-0.1, -0.05) is 72.6 Å². The minimum absolute atomic E-state index is 0.00221. The second-order valence-corrected chi connectivity index (χ2v) is 17.3. The van der Waals surface area contributed by atoms with Gasteiger partial charge in [-0.2, -0.15) is 0 Å². The number of rotatable bonds is 12. The van der Waals surface area contributed by atoms with Gasteiger partial charge in [0.25, 0.3) is 5.91 Å². The molecule has 0 spiro atoms. The van der Waals surface area contributed by atoms with Crippen LogP contribution in [-0.2, 0) is 29.0 Å². The van der Waals surface area contributed by atoms with E-state index in [9.17, 15) is 32.4 Å². The van der Waals surface area contributed by atoms with Crippen LogP contribution in [0.25, 0.3) is 0 Å². The van der Waals surface area contributed by atoms with E-state index >= 15 is 0 Å². The molecule has 3 fully saturated rings. The van der Waals surface area contributed by atoms with Crippen molar-refractivity contribution in [3.63, 3.8) is 0 Å². The monoisotopic (exact) mass is 659 g/mol. The number of carbonyl (C=O) groups is 5. The van der Waals surface area contributed by atoms with Gasteiger partial charge >= 0.3 is 6.03 Å². The Kier molecular flexibility index (Phi) is 9.97. The van der Waals surface area contributed by atoms with Crippen molar-refractivity contribution in [1.82, 2.24) is 20.9 Å². The molecule has 1 saturated heterocycles. The number of hydrogen-bond donors (Lipinski definition) is 4. The number of benzene rings is 1. The van der Waals surface area contributed by atoms with Gasteiger partial charge in [-0.3, -0.25) is 19.2 Å². The number of nitrogens with one attached hydrogen (secondary N) is 3. The maximum absolute atomic E-state index is 14.3. The highest BCUT2D eigenvalue weighted by Gasteiger charge is 2.50. The number of nitrogens with two attached hydrogens (primary N) is 1. The summed E-state index contributed by atoms with van der Waals surface area (Å²) in [5, 5.41) is 8.35. The van der Waals surface area contributed by atoms with Gasteiger partial charge in [-0.15, -0.1) is 0 Å². The molecule has 4 atom stereocenters. The van der Waals surface area contributed by atoms with E-state index in [1.807, 2.05) is 20.8 Å². The molecule has 5 amide bonds. The third-order valence-corrected chi connectivity index (χ3v) is 11.7. The standard InChI is InChI=1S/C33H49N5O7S/c1-20-18-38(24(17-32(20,5)6)28(41)35-23(16-21-12-13-21)25(39)27(34)40)29(42)26(31(2,3)4)36-30(43)37-33(14-15-33)19-46(44,45)22-10-8-7-9-11-22/h7-11,20-21,23-24,26H,12-19H2,1-6H3,(H2,34,40)(H,35,41)(H2,36,37,43)/t20?,23?,24-,26+/m0/s1. The molecule has 4 rings (SSSR count). The number of carbonyl (C=O) groups excluding carboxylic acids is 5. The number of ketones is 1. The van der Waals surface area contributed by atoms with Crippen molar-refractivity contribution in [2.24, 2.45) is 28.4 Å². The van der Waals surface area contributed by atoms with Crippen LogP contribution in [0, 0.1) is 22.7 Å². The predicted molar refractivity (Wildman–Crippen MR) is 172 cm³/mol. The molecule has 3 aliphatic rings. The zero-order valence-corrected chi connectivity index (χ0v) is 28.5. The van der Waals surface area contributed by atoms with Gasteiger partial charge in [-0.25, -0.2) is 13.2 Å². The maximum Gasteiger partial charge on any atom is 0.315 e. The van der Waals surface area contributed by atoms with E-state index in [-0.39, 0.29) is 34.4 Å². The van der Waals surface area contributed by atoms with Gasteiger partial charge in [0, 0.05) is 6.54 Å². The molecule has 12 nitrogen and oxygen atoms in total. The lowest BCUT2D eigenvalue weighted by atomic mass is 9.71. The fourth-order valence-electron chi connectivity index (χ4n) is 6.07. The van der Waals surface area contributed by atoms with Crippen LogP contribution in [0.3, 0.4) is 0 Å². The van der Waals surface area contributed by atoms with Gasteiger partial charge in [0.05, 0.1) is 22.2 Å². The fourth-order valence-corrected chi connectivity index (χ4v) is 7.90. The van der Waals surface area contributed by atoms with Crippen LogP contribution in [0.5, 0.6) is 0 Å². The molecule has 254 valence electrons. The Morgan fingerprint density at radius 2 is 1.63 bits per heavy atom. The number of amides is 5. The van der Waals surface area contributed by atoms with Crippen molar-refractivity contribution in [1.29, 1.82) is 0 Å². The van der Waals surface area contributed by atoms with E-state index in [0.717, 1.165) is 12.8 Å². The van der Waals surface area contributed by atoms with Crippen LogP contribution < -0.4 is 21.7 Å². The lowest BCUT2D eigenvalue weighted by Gasteiger charge is -2.48. The third-order valence-electron chi connectivity index (χ3n) is 9.82. The molecule has 2 saturated carbocycles. The Hall–Kier alpha value is -3.48. The first-order valence-corrected chi connectivity index (χ1v) is 17.7. The smallest absolute Gasteiger partial charge is 0.315 e. The van der Waals surface area contributed by atoms with Crippen molar-refractivity contribution < 1.29 is 32.4 Å². The summed E-state index contributed by atoms with van der Waals surface area (Å²) < 4.78 is 26.1. The van der Waals surface area contributed by atoms with Crippen LogP contribution in [0.4, 0.5) is 4.79 Å². The highest BCUT2D eigenvalue weighted by atomic mass is 32.2. The van der Waals surface area contributed by atoms with Crippen molar-refractivity contribution in [3.8, 4) is 0 Å². The number of sulfone groups is 1. The average molecular weight is 660 g/mol. The van der Waals surface area contributed by atoms with Crippen LogP contribution in [0.2, 0.25) is 0 Å². The second-order valence-electron chi connectivity index (χ2n) is 15.3. The summed E-state index contributed by atoms with van der Waals surface area (Å²) in [6.07, 6.45) is 3.37. The van der Waals surface area contributed by atoms with Crippen LogP contribution in [-0.4, -0.2) is 78.8 Å². The molecule has 1 aromatic rings. The Morgan fingerprint density at radius 3 is 2.15 bits per heavy atom. The number of piperidine rings is 1. The van der Waals surface area contributed by atoms with E-state index < -0.39 is 68.5 Å². The number of Topliss-reactive ketones (excluding diaryl/α,β-unsaturated/α-hetero) is 1. The van der Waals surface area contributed by atoms with Crippen molar-refractivity contribution in [3.05, 3.63) is 30.3 Å². The van der Waals surface area contributed by atoms with Gasteiger partial charge in [0.2, 0.25) is 17.6 Å². The van der Waals surface area contributed by atoms with E-state index in [0.29, 0.717) is 25.7 Å². The van der Waals surface area contributed by atoms with Gasteiger partial charge in [0.1, 0.15) is 12.1 Å². The fraction of sp³-hybridized carbons (Fsp3) is 0.667. The third kappa shape index (κ3) is 8.45. The number of primary amides is 1. The number of nitrogens with zero attached hydrogens (tertiary/aromatic N) is 1. The summed E-state index contributed by atoms with van der Waals surface area (Å²) >= 11 is 0. The van der Waals surface area contributed by atoms with E-state index in [2.05, 4.69) is 16.0 Å². The highest BCUT2D eigenvalue weighted by molar-refractivity contribution is 7.91. The lowest BCUT2D eigenvalue weighted by molar-refractivity contribution is -0.151. The van der Waals surface area contributed by atoms with E-state index in [1.165, 1.54) is 17.0 Å². The van der Waals surface area contributed by atoms with E-state index in [1.54, 1.807) is 39.0 Å². The minimum Gasteiger partial charge on any atom is -0.363 e. The first-order valence-electron chi connectivity index (χ1n) is 16.1. The molecule has 2 aliphatic carbocycles. The molecule has 0 aromatic heterocycles. The summed E-state index contributed by atoms with van der Waals surface area (Å²) in [5.74, 6) is -3.04. The Bertz CT molecular complexity index is 1460. The average Bonchev–Trinajstić information content (AvgIpc) is 3.90. The quantitative estimate of drug-likeness (QED) is 0.248. The van der Waals surface area contributed by atoms with Crippen LogP contribution in [0.1, 0.15) is 80.1 Å². The SMILES string of the molecule is CC1CN(C(=O)[C@@H](NC(=O)NC2(CS(=O)(=O)c3ccccc3)CC2)C(C)(C)C)[C@H](C(=O)NC(CC2CC2)C(=O)C(N)=O)CC1(C)C. The zero-order valence-electron chi connectivity index (χ0n) is 27.7. The Balaban J connectivity index is 1.52. The Morgan fingerprint density at radius 1 is 1.02 bits per heavy atom. The number of urea groups is 1. The minimum atomic E-state index is -3.67. The second kappa shape index (κ2) is 13.0. The van der Waals surface area contributed by atoms with Crippen LogP contribution in [0.15, 0.2) is 35.2 Å². The molecule has 1 aromatic carbocycles. The molecule has 2 unspecified atom stereocenters. The summed E-state index contributed by atoms with van der Waals surface area (Å²) in [6, 6.07) is 4.30. The molecule has 46 heavy (non-hydrogen) atoms.